The van der Waals surface area contributed by atoms with E-state index < -0.39 is 11.9 Å². The summed E-state index contributed by atoms with van der Waals surface area (Å²) in [6, 6.07) is 11.8. The normalized spacial score (nSPS) is 10.5. The lowest BCUT2D eigenvalue weighted by atomic mass is 10.3. The van der Waals surface area contributed by atoms with Crippen LogP contribution in [0.4, 0.5) is 0 Å². The zero-order chi connectivity index (χ0) is 17.1. The Hall–Kier alpha value is -3.42. The number of carbonyl (C=O) groups is 2. The largest absolute Gasteiger partial charge is 0.476 e. The molecule has 2 N–H and O–H groups in total. The molecule has 0 bridgehead atoms. The second kappa shape index (κ2) is 6.37. The molecule has 2 heterocycles. The Balaban J connectivity index is 1.88. The monoisotopic (exact) mass is 326 g/mol. The number of hydrogen-bond donors (Lipinski definition) is 2. The van der Waals surface area contributed by atoms with Gasteiger partial charge >= 0.3 is 5.97 Å². The van der Waals surface area contributed by atoms with E-state index in [1.165, 1.54) is 10.7 Å². The Morgan fingerprint density at radius 2 is 2.00 bits per heavy atom. The van der Waals surface area contributed by atoms with Gasteiger partial charge in [0.2, 0.25) is 0 Å². The maximum absolute atomic E-state index is 12.4. The highest BCUT2D eigenvalue weighted by Crippen LogP contribution is 2.13. The summed E-state index contributed by atoms with van der Waals surface area (Å²) in [5, 5.41) is 19.5. The second-order valence-electron chi connectivity index (χ2n) is 5.08. The Morgan fingerprint density at radius 3 is 2.62 bits per heavy atom. The van der Waals surface area contributed by atoms with E-state index in [2.05, 4.69) is 15.6 Å². The van der Waals surface area contributed by atoms with Crippen molar-refractivity contribution in [3.63, 3.8) is 0 Å². The van der Waals surface area contributed by atoms with Crippen LogP contribution in [-0.4, -0.2) is 31.9 Å². The van der Waals surface area contributed by atoms with Gasteiger partial charge in [0.1, 0.15) is 5.69 Å². The number of benzene rings is 1. The van der Waals surface area contributed by atoms with Gasteiger partial charge in [-0.15, -0.1) is 0 Å². The molecule has 0 aliphatic carbocycles. The van der Waals surface area contributed by atoms with E-state index in [4.69, 9.17) is 9.63 Å². The van der Waals surface area contributed by atoms with E-state index in [9.17, 15) is 9.59 Å². The number of nitrogens with zero attached hydrogens (tertiary/aromatic N) is 3. The van der Waals surface area contributed by atoms with E-state index in [0.717, 1.165) is 0 Å². The SMILES string of the molecule is Cc1cc(CNC(=O)c2cc(C(=O)O)nn2-c2ccccc2)on1. The van der Waals surface area contributed by atoms with Crippen molar-refractivity contribution < 1.29 is 19.2 Å². The Morgan fingerprint density at radius 1 is 1.25 bits per heavy atom. The van der Waals surface area contributed by atoms with Crippen LogP contribution in [0.2, 0.25) is 0 Å². The predicted molar refractivity (Wildman–Crippen MR) is 82.9 cm³/mol. The third kappa shape index (κ3) is 3.17. The number of aromatic carboxylic acids is 1. The van der Waals surface area contributed by atoms with Crippen molar-refractivity contribution in [2.75, 3.05) is 0 Å². The van der Waals surface area contributed by atoms with Gasteiger partial charge in [0, 0.05) is 12.1 Å². The molecule has 0 radical (unpaired) electrons. The number of rotatable bonds is 5. The van der Waals surface area contributed by atoms with Crippen LogP contribution in [0.15, 0.2) is 47.0 Å². The van der Waals surface area contributed by atoms with Gasteiger partial charge in [-0.1, -0.05) is 23.4 Å². The maximum atomic E-state index is 12.4. The van der Waals surface area contributed by atoms with E-state index in [1.54, 1.807) is 37.3 Å². The highest BCUT2D eigenvalue weighted by molar-refractivity contribution is 5.96. The van der Waals surface area contributed by atoms with Crippen molar-refractivity contribution in [3.05, 3.63) is 65.3 Å². The molecule has 0 unspecified atom stereocenters. The van der Waals surface area contributed by atoms with Gasteiger partial charge in [0.15, 0.2) is 11.5 Å². The van der Waals surface area contributed by atoms with Crippen molar-refractivity contribution >= 4 is 11.9 Å². The molecule has 24 heavy (non-hydrogen) atoms. The van der Waals surface area contributed by atoms with Crippen molar-refractivity contribution in [3.8, 4) is 5.69 Å². The van der Waals surface area contributed by atoms with Gasteiger partial charge in [0.05, 0.1) is 17.9 Å². The zero-order valence-corrected chi connectivity index (χ0v) is 12.8. The number of carboxylic acid groups (broad SMARTS) is 1. The molecule has 3 aromatic rings. The van der Waals surface area contributed by atoms with Crippen molar-refractivity contribution in [2.45, 2.75) is 13.5 Å². The van der Waals surface area contributed by atoms with Gasteiger partial charge in [-0.05, 0) is 19.1 Å². The summed E-state index contributed by atoms with van der Waals surface area (Å²) in [6.45, 7) is 1.92. The van der Waals surface area contributed by atoms with E-state index >= 15 is 0 Å². The number of amides is 1. The molecule has 0 saturated heterocycles. The average Bonchev–Trinajstić information content (AvgIpc) is 3.20. The first-order valence-corrected chi connectivity index (χ1v) is 7.14. The van der Waals surface area contributed by atoms with Crippen LogP contribution in [0, 0.1) is 6.92 Å². The number of hydrogen-bond acceptors (Lipinski definition) is 5. The molecule has 0 aliphatic heterocycles. The maximum Gasteiger partial charge on any atom is 0.356 e. The van der Waals surface area contributed by atoms with Crippen LogP contribution in [0.25, 0.3) is 5.69 Å². The molecule has 122 valence electrons. The minimum atomic E-state index is -1.20. The van der Waals surface area contributed by atoms with E-state index in [0.29, 0.717) is 17.1 Å². The highest BCUT2D eigenvalue weighted by atomic mass is 16.5. The molecule has 0 aliphatic rings. The van der Waals surface area contributed by atoms with Gasteiger partial charge < -0.3 is 14.9 Å². The molecule has 8 heteroatoms. The lowest BCUT2D eigenvalue weighted by molar-refractivity contribution is 0.0689. The number of para-hydroxylation sites is 1. The first kappa shape index (κ1) is 15.5. The Labute approximate surface area is 136 Å². The molecule has 1 aromatic carbocycles. The highest BCUT2D eigenvalue weighted by Gasteiger charge is 2.20. The van der Waals surface area contributed by atoms with Crippen LogP contribution in [0.3, 0.4) is 0 Å². The number of aromatic nitrogens is 3. The molecule has 0 atom stereocenters. The molecule has 8 nitrogen and oxygen atoms in total. The number of carboxylic acids is 1. The van der Waals surface area contributed by atoms with Gasteiger partial charge in [-0.3, -0.25) is 4.79 Å². The summed E-state index contributed by atoms with van der Waals surface area (Å²) in [5.41, 5.74) is 1.21. The minimum absolute atomic E-state index is 0.120. The fourth-order valence-electron chi connectivity index (χ4n) is 2.17. The number of carbonyl (C=O) groups excluding carboxylic acids is 1. The lowest BCUT2D eigenvalue weighted by Gasteiger charge is -2.07. The Bertz CT molecular complexity index is 883. The Kier molecular flexibility index (Phi) is 4.11. The zero-order valence-electron chi connectivity index (χ0n) is 12.8. The smallest absolute Gasteiger partial charge is 0.356 e. The van der Waals surface area contributed by atoms with Crippen molar-refractivity contribution in [1.29, 1.82) is 0 Å². The average molecular weight is 326 g/mol. The molecule has 2 aromatic heterocycles. The van der Waals surface area contributed by atoms with Crippen molar-refractivity contribution in [2.24, 2.45) is 0 Å². The molecule has 0 spiro atoms. The number of nitrogens with one attached hydrogen (secondary N) is 1. The van der Waals surface area contributed by atoms with Gasteiger partial charge in [-0.2, -0.15) is 5.10 Å². The van der Waals surface area contributed by atoms with Crippen LogP contribution >= 0.6 is 0 Å². The van der Waals surface area contributed by atoms with Crippen molar-refractivity contribution in [1.82, 2.24) is 20.3 Å². The van der Waals surface area contributed by atoms with E-state index in [1.807, 2.05) is 6.07 Å². The van der Waals surface area contributed by atoms with Crippen LogP contribution in [0.5, 0.6) is 0 Å². The summed E-state index contributed by atoms with van der Waals surface area (Å²) in [6.07, 6.45) is 0. The number of aryl methyl sites for hydroxylation is 1. The standard InChI is InChI=1S/C16H14N4O4/c1-10-7-12(24-19-10)9-17-15(21)14-8-13(16(22)23)18-20(14)11-5-3-2-4-6-11/h2-8H,9H2,1H3,(H,17,21)(H,22,23). The third-order valence-corrected chi connectivity index (χ3v) is 3.26. The molecular weight excluding hydrogens is 312 g/mol. The first-order chi connectivity index (χ1) is 11.5. The molecule has 1 amide bonds. The summed E-state index contributed by atoms with van der Waals surface area (Å²) in [7, 11) is 0. The van der Waals surface area contributed by atoms with Crippen LogP contribution < -0.4 is 5.32 Å². The van der Waals surface area contributed by atoms with Crippen LogP contribution in [0.1, 0.15) is 32.4 Å². The minimum Gasteiger partial charge on any atom is -0.476 e. The molecule has 3 rings (SSSR count). The predicted octanol–water partition coefficient (Wildman–Crippen LogP) is 1.80. The summed E-state index contributed by atoms with van der Waals surface area (Å²) < 4.78 is 6.32. The molecular formula is C16H14N4O4. The quantitative estimate of drug-likeness (QED) is 0.739. The summed E-state index contributed by atoms with van der Waals surface area (Å²) in [4.78, 5) is 23.6. The first-order valence-electron chi connectivity index (χ1n) is 7.14. The third-order valence-electron chi connectivity index (χ3n) is 3.26. The molecule has 0 saturated carbocycles. The summed E-state index contributed by atoms with van der Waals surface area (Å²) in [5.74, 6) is -1.16. The van der Waals surface area contributed by atoms with Gasteiger partial charge in [0.25, 0.3) is 5.91 Å². The lowest BCUT2D eigenvalue weighted by Crippen LogP contribution is -2.25. The van der Waals surface area contributed by atoms with E-state index in [-0.39, 0.29) is 17.9 Å². The molecule has 0 fully saturated rings. The fourth-order valence-corrected chi connectivity index (χ4v) is 2.17. The van der Waals surface area contributed by atoms with Gasteiger partial charge in [-0.25, -0.2) is 9.48 Å². The van der Waals surface area contributed by atoms with Crippen LogP contribution in [-0.2, 0) is 6.54 Å². The fraction of sp³-hybridized carbons (Fsp3) is 0.125. The topological polar surface area (TPSA) is 110 Å². The summed E-state index contributed by atoms with van der Waals surface area (Å²) >= 11 is 0. The second-order valence-corrected chi connectivity index (χ2v) is 5.08.